The van der Waals surface area contributed by atoms with Gasteiger partial charge in [-0.2, -0.15) is 8.78 Å². The molecule has 1 spiro atoms. The third kappa shape index (κ3) is 3.11. The Morgan fingerprint density at radius 1 is 1.24 bits per heavy atom. The molecule has 2 aliphatic heterocycles. The van der Waals surface area contributed by atoms with Gasteiger partial charge in [0.05, 0.1) is 9.33 Å². The van der Waals surface area contributed by atoms with E-state index in [2.05, 4.69) is 0 Å². The van der Waals surface area contributed by atoms with Gasteiger partial charge in [-0.3, -0.25) is 0 Å². The average molecular weight is 451 g/mol. The first-order valence-electron chi connectivity index (χ1n) is 9.94. The first-order chi connectivity index (χ1) is 13.7. The van der Waals surface area contributed by atoms with Crippen molar-refractivity contribution >= 4 is 35.5 Å². The van der Waals surface area contributed by atoms with Gasteiger partial charge in [0.1, 0.15) is 12.4 Å². The van der Waals surface area contributed by atoms with Crippen LogP contribution in [0.25, 0.3) is 0 Å². The maximum absolute atomic E-state index is 13.5. The molecule has 0 N–H and O–H groups in total. The Hall–Kier alpha value is -0.580. The smallest absolute Gasteiger partial charge is 0.377 e. The molecule has 6 aliphatic rings. The second-order valence-corrected chi connectivity index (χ2v) is 12.1. The van der Waals surface area contributed by atoms with Crippen molar-refractivity contribution in [3.63, 3.8) is 0 Å². The molecule has 5 unspecified atom stereocenters. The number of ether oxygens (including phenoxy) is 4. The lowest BCUT2D eigenvalue weighted by Crippen LogP contribution is -2.62. The number of fused-ring (bicyclic) bond motifs is 1. The van der Waals surface area contributed by atoms with Crippen LogP contribution in [0, 0.1) is 17.8 Å². The topological polar surface area (TPSA) is 71.1 Å². The molecule has 0 aromatic heterocycles. The lowest BCUT2D eigenvalue weighted by Gasteiger charge is -2.63. The number of hydrogen-bond donors (Lipinski definition) is 0. The Balaban J connectivity index is 1.36. The fourth-order valence-electron chi connectivity index (χ4n) is 6.11. The van der Waals surface area contributed by atoms with Gasteiger partial charge >= 0.3 is 17.9 Å². The fourth-order valence-corrected chi connectivity index (χ4v) is 10.5. The number of esters is 2. The van der Waals surface area contributed by atoms with Crippen LogP contribution < -0.4 is 0 Å². The largest absolute Gasteiger partial charge is 0.455 e. The zero-order chi connectivity index (χ0) is 20.6. The van der Waals surface area contributed by atoms with Crippen molar-refractivity contribution < 1.29 is 37.3 Å². The van der Waals surface area contributed by atoms with Crippen molar-refractivity contribution in [2.75, 3.05) is 13.9 Å². The Kier molecular flexibility index (Phi) is 4.70. The minimum atomic E-state index is -3.48. The number of methoxy groups -OCH3 is 1. The second-order valence-electron chi connectivity index (χ2n) is 9.03. The molecule has 0 aromatic carbocycles. The summed E-state index contributed by atoms with van der Waals surface area (Å²) in [5, 5.41) is -0.112. The lowest BCUT2D eigenvalue weighted by molar-refractivity contribution is -0.208. The maximum Gasteiger partial charge on any atom is 0.377 e. The molecule has 4 bridgehead atoms. The predicted molar refractivity (Wildman–Crippen MR) is 101 cm³/mol. The first kappa shape index (κ1) is 20.3. The quantitative estimate of drug-likeness (QED) is 0.467. The number of hydrogen-bond acceptors (Lipinski definition) is 8. The van der Waals surface area contributed by atoms with Gasteiger partial charge in [-0.15, -0.1) is 11.8 Å². The first-order valence-corrected chi connectivity index (χ1v) is 11.7. The van der Waals surface area contributed by atoms with Gasteiger partial charge < -0.3 is 18.9 Å². The van der Waals surface area contributed by atoms with Crippen LogP contribution in [0.4, 0.5) is 8.78 Å². The van der Waals surface area contributed by atoms with Crippen LogP contribution in [0.3, 0.4) is 0 Å². The summed E-state index contributed by atoms with van der Waals surface area (Å²) in [5.41, 5.74) is -1.05. The van der Waals surface area contributed by atoms with Gasteiger partial charge in [-0.25, -0.2) is 9.59 Å². The molecule has 4 aliphatic carbocycles. The van der Waals surface area contributed by atoms with E-state index in [4.69, 9.17) is 18.9 Å². The fraction of sp³-hybridized carbons (Fsp3) is 0.895. The molecular weight excluding hydrogens is 426 g/mol. The van der Waals surface area contributed by atoms with Crippen LogP contribution in [0.1, 0.15) is 39.0 Å². The van der Waals surface area contributed by atoms with Crippen molar-refractivity contribution in [1.82, 2.24) is 0 Å². The van der Waals surface area contributed by atoms with Gasteiger partial charge in [-0.05, 0) is 49.9 Å². The highest BCUT2D eigenvalue weighted by atomic mass is 32.2. The van der Waals surface area contributed by atoms with Gasteiger partial charge in [-0.1, -0.05) is 11.8 Å². The number of carbonyl (C=O) groups is 2. The standard InChI is InChI=1S/C19H24F2O6S2/c1-17(20,21)16(23)27-18-5-9-3-10(6-18)19(11(4-9)7-18)28-13-12(25-8-24-2)14(22)26-15(13)29-19/h9-13,15H,3-8H2,1-2H3. The molecule has 0 aromatic rings. The monoisotopic (exact) mass is 450 g/mol. The van der Waals surface area contributed by atoms with E-state index in [1.807, 2.05) is 0 Å². The molecular formula is C19H24F2O6S2. The molecule has 10 heteroatoms. The summed E-state index contributed by atoms with van der Waals surface area (Å²) in [5.74, 6) is -4.40. The number of rotatable bonds is 5. The van der Waals surface area contributed by atoms with E-state index in [9.17, 15) is 18.4 Å². The van der Waals surface area contributed by atoms with E-state index in [0.29, 0.717) is 32.1 Å². The summed E-state index contributed by atoms with van der Waals surface area (Å²) in [6.07, 6.45) is 3.20. The summed E-state index contributed by atoms with van der Waals surface area (Å²) in [7, 11) is 1.51. The second kappa shape index (κ2) is 6.71. The van der Waals surface area contributed by atoms with Gasteiger partial charge in [0.2, 0.25) is 0 Å². The molecule has 0 radical (unpaired) electrons. The molecule has 2 saturated heterocycles. The van der Waals surface area contributed by atoms with Crippen LogP contribution in [-0.4, -0.2) is 58.2 Å². The Morgan fingerprint density at radius 3 is 2.55 bits per heavy atom. The highest BCUT2D eigenvalue weighted by Crippen LogP contribution is 2.73. The van der Waals surface area contributed by atoms with E-state index in [1.54, 1.807) is 23.5 Å². The summed E-state index contributed by atoms with van der Waals surface area (Å²) < 4.78 is 48.4. The predicted octanol–water partition coefficient (Wildman–Crippen LogP) is 3.18. The number of halogens is 2. The van der Waals surface area contributed by atoms with Crippen molar-refractivity contribution in [1.29, 1.82) is 0 Å². The molecule has 6 rings (SSSR count). The molecule has 6 fully saturated rings. The van der Waals surface area contributed by atoms with Gasteiger partial charge in [0, 0.05) is 14.0 Å². The third-order valence-corrected chi connectivity index (χ3v) is 11.2. The minimum Gasteiger partial charge on any atom is -0.455 e. The summed E-state index contributed by atoms with van der Waals surface area (Å²) >= 11 is 3.45. The zero-order valence-corrected chi connectivity index (χ0v) is 17.9. The van der Waals surface area contributed by atoms with Crippen LogP contribution in [0.2, 0.25) is 0 Å². The van der Waals surface area contributed by atoms with Crippen molar-refractivity contribution in [2.24, 2.45) is 17.8 Å². The van der Waals surface area contributed by atoms with Gasteiger partial charge in [0.15, 0.2) is 11.5 Å². The van der Waals surface area contributed by atoms with E-state index in [0.717, 1.165) is 12.8 Å². The summed E-state index contributed by atoms with van der Waals surface area (Å²) in [6, 6.07) is 0. The molecule has 6 nitrogen and oxygen atoms in total. The third-order valence-electron chi connectivity index (χ3n) is 6.96. The number of carbonyl (C=O) groups excluding carboxylic acids is 2. The van der Waals surface area contributed by atoms with E-state index < -0.39 is 23.6 Å². The normalized spacial score (nSPS) is 47.5. The Morgan fingerprint density at radius 2 is 1.93 bits per heavy atom. The van der Waals surface area contributed by atoms with E-state index >= 15 is 0 Å². The van der Waals surface area contributed by atoms with Crippen molar-refractivity contribution in [2.45, 2.75) is 71.4 Å². The van der Waals surface area contributed by atoms with Crippen LogP contribution in [0.5, 0.6) is 0 Å². The van der Waals surface area contributed by atoms with Crippen molar-refractivity contribution in [3.05, 3.63) is 0 Å². The Labute approximate surface area is 176 Å². The van der Waals surface area contributed by atoms with E-state index in [-0.39, 0.29) is 39.4 Å². The van der Waals surface area contributed by atoms with Crippen LogP contribution in [-0.2, 0) is 28.5 Å². The number of alkyl halides is 2. The van der Waals surface area contributed by atoms with Crippen LogP contribution in [0.15, 0.2) is 0 Å². The highest BCUT2D eigenvalue weighted by Gasteiger charge is 2.70. The SMILES string of the molecule is COCOC1C(=O)OC2SC3(SC21)C1CC2CC3CC(OC(=O)C(C)(F)F)(C2)C1. The molecule has 29 heavy (non-hydrogen) atoms. The maximum atomic E-state index is 13.5. The average Bonchev–Trinajstić information content (AvgIpc) is 3.11. The minimum absolute atomic E-state index is 0.0282. The Bertz CT molecular complexity index is 712. The molecule has 4 saturated carbocycles. The lowest BCUT2D eigenvalue weighted by atomic mass is 9.53. The highest BCUT2D eigenvalue weighted by molar-refractivity contribution is 8.22. The summed E-state index contributed by atoms with van der Waals surface area (Å²) in [4.78, 5) is 24.1. The summed E-state index contributed by atoms with van der Waals surface area (Å²) in [6.45, 7) is 0.621. The van der Waals surface area contributed by atoms with Gasteiger partial charge in [0.25, 0.3) is 0 Å². The number of thioether (sulfide) groups is 2. The molecule has 5 atom stereocenters. The van der Waals surface area contributed by atoms with Crippen LogP contribution >= 0.6 is 23.5 Å². The molecule has 162 valence electrons. The molecule has 0 amide bonds. The van der Waals surface area contributed by atoms with E-state index in [1.165, 1.54) is 7.11 Å². The zero-order valence-electron chi connectivity index (χ0n) is 16.2. The molecule has 2 heterocycles. The van der Waals surface area contributed by atoms with Crippen molar-refractivity contribution in [3.8, 4) is 0 Å².